The van der Waals surface area contributed by atoms with Crippen LogP contribution in [0.15, 0.2) is 108 Å². The van der Waals surface area contributed by atoms with Crippen molar-refractivity contribution in [3.63, 3.8) is 0 Å². The van der Waals surface area contributed by atoms with Crippen LogP contribution in [0.25, 0.3) is 0 Å². The molecule has 1 aliphatic rings. The van der Waals surface area contributed by atoms with E-state index in [9.17, 15) is 18.0 Å². The van der Waals surface area contributed by atoms with Crippen LogP contribution in [0.5, 0.6) is 5.75 Å². The third-order valence-corrected chi connectivity index (χ3v) is 11.0. The second kappa shape index (κ2) is 17.1. The lowest BCUT2D eigenvalue weighted by Gasteiger charge is -2.35. The van der Waals surface area contributed by atoms with Gasteiger partial charge in [0.05, 0.1) is 17.2 Å². The van der Waals surface area contributed by atoms with Crippen LogP contribution < -0.4 is 14.4 Å². The Labute approximate surface area is 299 Å². The first-order valence-electron chi connectivity index (χ1n) is 16.5. The molecule has 1 fully saturated rings. The number of carbonyl (C=O) groups is 2. The average molecular weight is 723 g/mol. The minimum atomic E-state index is -4.28. The van der Waals surface area contributed by atoms with Gasteiger partial charge < -0.3 is 15.0 Å². The minimum absolute atomic E-state index is 0.0105. The molecule has 4 aromatic rings. The Morgan fingerprint density at radius 2 is 1.53 bits per heavy atom. The molecular formula is C38H41Cl2N3O5S. The number of sulfonamides is 1. The summed E-state index contributed by atoms with van der Waals surface area (Å²) in [6.07, 6.45) is 5.08. The third kappa shape index (κ3) is 9.35. The maximum Gasteiger partial charge on any atom is 0.264 e. The van der Waals surface area contributed by atoms with Crippen molar-refractivity contribution in [3.8, 4) is 5.75 Å². The van der Waals surface area contributed by atoms with Crippen molar-refractivity contribution in [2.45, 2.75) is 69.0 Å². The van der Waals surface area contributed by atoms with Gasteiger partial charge in [-0.25, -0.2) is 8.42 Å². The van der Waals surface area contributed by atoms with Gasteiger partial charge in [0.15, 0.2) is 0 Å². The summed E-state index contributed by atoms with van der Waals surface area (Å²) < 4.78 is 35.6. The molecule has 49 heavy (non-hydrogen) atoms. The molecule has 1 aliphatic carbocycles. The Hall–Kier alpha value is -4.05. The molecule has 0 aliphatic heterocycles. The van der Waals surface area contributed by atoms with E-state index in [0.717, 1.165) is 42.0 Å². The topological polar surface area (TPSA) is 96.0 Å². The summed E-state index contributed by atoms with van der Waals surface area (Å²) in [5, 5.41) is 3.96. The number of benzene rings is 4. The Morgan fingerprint density at radius 3 is 2.20 bits per heavy atom. The largest absolute Gasteiger partial charge is 0.492 e. The first-order valence-corrected chi connectivity index (χ1v) is 18.7. The molecule has 8 nitrogen and oxygen atoms in total. The highest BCUT2D eigenvalue weighted by Crippen LogP contribution is 2.33. The Balaban J connectivity index is 1.60. The summed E-state index contributed by atoms with van der Waals surface area (Å²) in [5.74, 6) is -0.585. The zero-order valence-corrected chi connectivity index (χ0v) is 29.8. The van der Waals surface area contributed by atoms with E-state index in [1.165, 1.54) is 17.0 Å². The maximum atomic E-state index is 14.8. The van der Waals surface area contributed by atoms with Crippen LogP contribution >= 0.6 is 23.2 Å². The van der Waals surface area contributed by atoms with Gasteiger partial charge in [0.1, 0.15) is 18.3 Å². The van der Waals surface area contributed by atoms with Crippen LogP contribution in [-0.4, -0.2) is 50.4 Å². The molecule has 4 aromatic carbocycles. The van der Waals surface area contributed by atoms with Gasteiger partial charge in [-0.1, -0.05) is 109 Å². The predicted octanol–water partition coefficient (Wildman–Crippen LogP) is 7.68. The molecule has 11 heteroatoms. The molecule has 1 saturated carbocycles. The van der Waals surface area contributed by atoms with Crippen molar-refractivity contribution in [1.29, 1.82) is 0 Å². The highest BCUT2D eigenvalue weighted by Gasteiger charge is 2.36. The van der Waals surface area contributed by atoms with Crippen molar-refractivity contribution in [2.75, 3.05) is 17.5 Å². The monoisotopic (exact) mass is 721 g/mol. The normalized spacial score (nSPS) is 14.1. The Kier molecular flexibility index (Phi) is 12.6. The first-order chi connectivity index (χ1) is 23.7. The van der Waals surface area contributed by atoms with Gasteiger partial charge in [0.2, 0.25) is 11.8 Å². The molecule has 0 aromatic heterocycles. The molecule has 258 valence electrons. The van der Waals surface area contributed by atoms with Gasteiger partial charge in [-0.15, -0.1) is 0 Å². The molecule has 2 amide bonds. The fourth-order valence-electron chi connectivity index (χ4n) is 6.11. The van der Waals surface area contributed by atoms with Crippen molar-refractivity contribution in [1.82, 2.24) is 10.2 Å². The second-order valence-corrected chi connectivity index (χ2v) is 14.7. The smallest absolute Gasteiger partial charge is 0.264 e. The van der Waals surface area contributed by atoms with E-state index in [-0.39, 0.29) is 42.1 Å². The predicted molar refractivity (Wildman–Crippen MR) is 195 cm³/mol. The molecule has 0 saturated heterocycles. The fraction of sp³-hybridized carbons (Fsp3) is 0.316. The SMILES string of the molecule is CCOc1ccccc1N(CC(=O)N(Cc1ccc(Cl)cc1Cl)C(Cc1ccccc1)C(=O)NC1CCCCC1)S(=O)(=O)c1ccccc1. The van der Waals surface area contributed by atoms with Crippen molar-refractivity contribution < 1.29 is 22.7 Å². The number of hydrogen-bond acceptors (Lipinski definition) is 5. The molecular weight excluding hydrogens is 681 g/mol. The number of anilines is 1. The number of nitrogens with one attached hydrogen (secondary N) is 1. The number of para-hydroxylation sites is 2. The Morgan fingerprint density at radius 1 is 0.878 bits per heavy atom. The number of carbonyl (C=O) groups excluding carboxylic acids is 2. The summed E-state index contributed by atoms with van der Waals surface area (Å²) in [5.41, 5.74) is 1.62. The summed E-state index contributed by atoms with van der Waals surface area (Å²) >= 11 is 12.9. The average Bonchev–Trinajstić information content (AvgIpc) is 3.11. The number of amides is 2. The van der Waals surface area contributed by atoms with E-state index in [2.05, 4.69) is 5.32 Å². The van der Waals surface area contributed by atoms with E-state index in [1.807, 2.05) is 30.3 Å². The summed E-state index contributed by atoms with van der Waals surface area (Å²) in [4.78, 5) is 30.6. The van der Waals surface area contributed by atoms with Crippen LogP contribution in [0.4, 0.5) is 5.69 Å². The number of hydrogen-bond donors (Lipinski definition) is 1. The number of nitrogens with zero attached hydrogens (tertiary/aromatic N) is 2. The van der Waals surface area contributed by atoms with Gasteiger partial charge in [-0.3, -0.25) is 13.9 Å². The van der Waals surface area contributed by atoms with E-state index < -0.39 is 28.5 Å². The number of halogens is 2. The van der Waals surface area contributed by atoms with Crippen LogP contribution in [0.2, 0.25) is 10.0 Å². The van der Waals surface area contributed by atoms with Crippen LogP contribution in [-0.2, 0) is 32.6 Å². The van der Waals surface area contributed by atoms with Crippen molar-refractivity contribution >= 4 is 50.7 Å². The molecule has 0 heterocycles. The van der Waals surface area contributed by atoms with Crippen molar-refractivity contribution in [2.24, 2.45) is 0 Å². The first kappa shape index (κ1) is 36.2. The standard InChI is InChI=1S/C38H41Cl2N3O5S/c1-2-48-36-21-13-12-20-34(36)43(49(46,47)32-18-10-5-11-19-32)27-37(44)42(26-29-22-23-30(39)25-33(29)40)35(24-28-14-6-3-7-15-28)38(45)41-31-16-8-4-9-17-31/h3,5-7,10-15,18-23,25,31,35H,2,4,8-9,16-17,24,26-27H2,1H3,(H,41,45). The fourth-order valence-corrected chi connectivity index (χ4v) is 8.02. The molecule has 0 bridgehead atoms. The molecule has 0 spiro atoms. The zero-order chi connectivity index (χ0) is 34.8. The second-order valence-electron chi connectivity index (χ2n) is 12.0. The molecule has 0 radical (unpaired) electrons. The Bertz CT molecular complexity index is 1820. The van der Waals surface area contributed by atoms with E-state index >= 15 is 0 Å². The lowest BCUT2D eigenvalue weighted by Crippen LogP contribution is -2.55. The molecule has 1 unspecified atom stereocenters. The third-order valence-electron chi connectivity index (χ3n) is 8.62. The van der Waals surface area contributed by atoms with Crippen molar-refractivity contribution in [3.05, 3.63) is 124 Å². The van der Waals surface area contributed by atoms with Gasteiger partial charge in [0, 0.05) is 29.1 Å². The lowest BCUT2D eigenvalue weighted by molar-refractivity contribution is -0.140. The number of rotatable bonds is 14. The summed E-state index contributed by atoms with van der Waals surface area (Å²) in [6.45, 7) is 1.42. The highest BCUT2D eigenvalue weighted by atomic mass is 35.5. The summed E-state index contributed by atoms with van der Waals surface area (Å²) in [7, 11) is -4.28. The van der Waals surface area contributed by atoms with Crippen LogP contribution in [0.1, 0.15) is 50.2 Å². The molecule has 5 rings (SSSR count). The van der Waals surface area contributed by atoms with E-state index in [0.29, 0.717) is 21.4 Å². The highest BCUT2D eigenvalue weighted by molar-refractivity contribution is 7.92. The quantitative estimate of drug-likeness (QED) is 0.144. The molecule has 1 atom stereocenters. The van der Waals surface area contributed by atoms with Gasteiger partial charge in [0.25, 0.3) is 10.0 Å². The van der Waals surface area contributed by atoms with Gasteiger partial charge >= 0.3 is 0 Å². The van der Waals surface area contributed by atoms with E-state index in [4.69, 9.17) is 27.9 Å². The minimum Gasteiger partial charge on any atom is -0.492 e. The van der Waals surface area contributed by atoms with Crippen LogP contribution in [0, 0.1) is 0 Å². The summed E-state index contributed by atoms with van der Waals surface area (Å²) in [6, 6.07) is 28.1. The number of ether oxygens (including phenoxy) is 1. The lowest BCUT2D eigenvalue weighted by atomic mass is 9.94. The molecule has 1 N–H and O–H groups in total. The van der Waals surface area contributed by atoms with Gasteiger partial charge in [-0.05, 0) is 67.3 Å². The van der Waals surface area contributed by atoms with Gasteiger partial charge in [-0.2, -0.15) is 0 Å². The van der Waals surface area contributed by atoms with Crippen LogP contribution in [0.3, 0.4) is 0 Å². The maximum absolute atomic E-state index is 14.8. The zero-order valence-electron chi connectivity index (χ0n) is 27.4. The van der Waals surface area contributed by atoms with E-state index in [1.54, 1.807) is 67.6 Å².